The Morgan fingerprint density at radius 1 is 1.29 bits per heavy atom. The molecule has 1 aliphatic heterocycles. The molecule has 5 atom stereocenters. The minimum absolute atomic E-state index is 0.113. The largest absolute Gasteiger partial charge is 0.394 e. The van der Waals surface area contributed by atoms with Gasteiger partial charge in [-0.25, -0.2) is 0 Å². The van der Waals surface area contributed by atoms with E-state index in [9.17, 15) is 10.2 Å². The normalized spacial score (nSPS) is 44.4. The Morgan fingerprint density at radius 3 is 2.29 bits per heavy atom. The minimum atomic E-state index is -0.975. The second-order valence-corrected chi connectivity index (χ2v) is 4.42. The van der Waals surface area contributed by atoms with E-state index < -0.39 is 18.5 Å². The third-order valence-corrected chi connectivity index (χ3v) is 3.08. The lowest BCUT2D eigenvalue weighted by atomic mass is 9.78. The first kappa shape index (κ1) is 11.9. The van der Waals surface area contributed by atoms with Gasteiger partial charge in [0.1, 0.15) is 0 Å². The van der Waals surface area contributed by atoms with Crippen LogP contribution in [0.2, 0.25) is 0 Å². The van der Waals surface area contributed by atoms with Crippen LogP contribution in [0.3, 0.4) is 0 Å². The first-order valence-corrected chi connectivity index (χ1v) is 5.11. The lowest BCUT2D eigenvalue weighted by Crippen LogP contribution is -2.53. The molecule has 0 spiro atoms. The van der Waals surface area contributed by atoms with E-state index in [0.717, 1.165) is 0 Å². The molecule has 1 fully saturated rings. The van der Waals surface area contributed by atoms with Crippen molar-refractivity contribution in [3.63, 3.8) is 0 Å². The van der Waals surface area contributed by atoms with Crippen molar-refractivity contribution in [1.29, 1.82) is 0 Å². The first-order chi connectivity index (χ1) is 6.49. The highest BCUT2D eigenvalue weighted by molar-refractivity contribution is 4.88. The lowest BCUT2D eigenvalue weighted by Gasteiger charge is -2.43. The average Bonchev–Trinajstić information content (AvgIpc) is 2.12. The summed E-state index contributed by atoms with van der Waals surface area (Å²) in [6.07, 6.45) is -2.05. The van der Waals surface area contributed by atoms with Gasteiger partial charge in [-0.2, -0.15) is 0 Å². The Balaban J connectivity index is 2.78. The molecular weight excluding hydrogens is 184 g/mol. The van der Waals surface area contributed by atoms with Crippen LogP contribution in [0.5, 0.6) is 0 Å². The second-order valence-electron chi connectivity index (χ2n) is 4.42. The minimum Gasteiger partial charge on any atom is -0.394 e. The van der Waals surface area contributed by atoms with Gasteiger partial charge in [0, 0.05) is 11.8 Å². The van der Waals surface area contributed by atoms with Crippen molar-refractivity contribution in [2.45, 2.75) is 39.3 Å². The molecule has 0 aromatic rings. The number of aliphatic hydroxyl groups excluding tert-OH is 3. The van der Waals surface area contributed by atoms with Gasteiger partial charge in [0.25, 0.3) is 0 Å². The number of aliphatic hydroxyl groups is 3. The maximum Gasteiger partial charge on any atom is 0.160 e. The SMILES string of the molecule is CC(C)[C@@H]1[C@@H](O)[C@H](C)C(O)O[C@@H]1CO. The van der Waals surface area contributed by atoms with E-state index in [-0.39, 0.29) is 24.4 Å². The van der Waals surface area contributed by atoms with Gasteiger partial charge in [0.15, 0.2) is 6.29 Å². The Kier molecular flexibility index (Phi) is 3.89. The predicted octanol–water partition coefficient (Wildman–Crippen LogP) is -0.0349. The molecule has 14 heavy (non-hydrogen) atoms. The molecule has 1 aliphatic rings. The molecular formula is C10H20O4. The zero-order chi connectivity index (χ0) is 10.9. The van der Waals surface area contributed by atoms with Crippen LogP contribution in [-0.2, 0) is 4.74 Å². The van der Waals surface area contributed by atoms with Crippen molar-refractivity contribution in [1.82, 2.24) is 0 Å². The van der Waals surface area contributed by atoms with Crippen molar-refractivity contribution in [2.24, 2.45) is 17.8 Å². The van der Waals surface area contributed by atoms with Gasteiger partial charge in [0.05, 0.1) is 18.8 Å². The van der Waals surface area contributed by atoms with Gasteiger partial charge >= 0.3 is 0 Å². The van der Waals surface area contributed by atoms with Crippen molar-refractivity contribution in [3.8, 4) is 0 Å². The molecule has 0 bridgehead atoms. The maximum atomic E-state index is 9.93. The molecule has 0 saturated carbocycles. The number of rotatable bonds is 2. The van der Waals surface area contributed by atoms with Crippen LogP contribution in [0.1, 0.15) is 20.8 Å². The fourth-order valence-corrected chi connectivity index (χ4v) is 2.12. The van der Waals surface area contributed by atoms with Gasteiger partial charge < -0.3 is 20.1 Å². The molecule has 4 nitrogen and oxygen atoms in total. The van der Waals surface area contributed by atoms with Crippen LogP contribution in [0, 0.1) is 17.8 Å². The Morgan fingerprint density at radius 2 is 1.86 bits per heavy atom. The number of hydrogen-bond donors (Lipinski definition) is 3. The first-order valence-electron chi connectivity index (χ1n) is 5.11. The molecule has 1 unspecified atom stereocenters. The van der Waals surface area contributed by atoms with Gasteiger partial charge in [0.2, 0.25) is 0 Å². The van der Waals surface area contributed by atoms with Crippen LogP contribution in [0.25, 0.3) is 0 Å². The van der Waals surface area contributed by atoms with Gasteiger partial charge in [-0.3, -0.25) is 0 Å². The summed E-state index contributed by atoms with van der Waals surface area (Å²) < 4.78 is 5.24. The fraction of sp³-hybridized carbons (Fsp3) is 1.00. The van der Waals surface area contributed by atoms with Crippen LogP contribution in [0.15, 0.2) is 0 Å². The summed E-state index contributed by atoms with van der Waals surface area (Å²) in [4.78, 5) is 0. The molecule has 4 heteroatoms. The summed E-state index contributed by atoms with van der Waals surface area (Å²) in [5.74, 6) is -0.194. The monoisotopic (exact) mass is 204 g/mol. The molecule has 3 N–H and O–H groups in total. The summed E-state index contributed by atoms with van der Waals surface area (Å²) in [6.45, 7) is 5.54. The lowest BCUT2D eigenvalue weighted by molar-refractivity contribution is -0.257. The standard InChI is InChI=1S/C10H20O4/c1-5(2)8-7(4-11)14-10(13)6(3)9(8)12/h5-13H,4H2,1-3H3/t6-,7+,8-,9-,10?/m0/s1. The smallest absolute Gasteiger partial charge is 0.160 e. The molecule has 0 radical (unpaired) electrons. The third-order valence-electron chi connectivity index (χ3n) is 3.08. The quantitative estimate of drug-likeness (QED) is 0.590. The highest BCUT2D eigenvalue weighted by Gasteiger charge is 2.43. The summed E-state index contributed by atoms with van der Waals surface area (Å²) in [6, 6.07) is 0. The van der Waals surface area contributed by atoms with E-state index in [2.05, 4.69) is 0 Å². The molecule has 84 valence electrons. The van der Waals surface area contributed by atoms with Crippen LogP contribution < -0.4 is 0 Å². The van der Waals surface area contributed by atoms with E-state index in [1.807, 2.05) is 13.8 Å². The molecule has 1 rings (SSSR count). The topological polar surface area (TPSA) is 69.9 Å². The fourth-order valence-electron chi connectivity index (χ4n) is 2.12. The Bertz CT molecular complexity index is 181. The molecule has 1 saturated heterocycles. The van der Waals surface area contributed by atoms with Crippen molar-refractivity contribution < 1.29 is 20.1 Å². The Hall–Kier alpha value is -0.160. The number of hydrogen-bond acceptors (Lipinski definition) is 4. The summed E-state index contributed by atoms with van der Waals surface area (Å²) in [5.41, 5.74) is 0. The number of ether oxygens (including phenoxy) is 1. The second kappa shape index (κ2) is 4.57. The summed E-state index contributed by atoms with van der Waals surface area (Å²) >= 11 is 0. The van der Waals surface area contributed by atoms with E-state index in [4.69, 9.17) is 9.84 Å². The summed E-state index contributed by atoms with van der Waals surface area (Å²) in [7, 11) is 0. The third kappa shape index (κ3) is 2.08. The van der Waals surface area contributed by atoms with Gasteiger partial charge in [-0.1, -0.05) is 20.8 Å². The highest BCUT2D eigenvalue weighted by atomic mass is 16.6. The molecule has 0 aromatic carbocycles. The van der Waals surface area contributed by atoms with Crippen LogP contribution >= 0.6 is 0 Å². The highest BCUT2D eigenvalue weighted by Crippen LogP contribution is 2.33. The van der Waals surface area contributed by atoms with Gasteiger partial charge in [-0.15, -0.1) is 0 Å². The van der Waals surface area contributed by atoms with E-state index in [1.165, 1.54) is 0 Å². The van der Waals surface area contributed by atoms with Crippen LogP contribution in [-0.4, -0.2) is 40.4 Å². The molecule has 0 amide bonds. The average molecular weight is 204 g/mol. The predicted molar refractivity (Wildman–Crippen MR) is 51.5 cm³/mol. The van der Waals surface area contributed by atoms with E-state index in [0.29, 0.717) is 0 Å². The molecule has 0 aromatic heterocycles. The van der Waals surface area contributed by atoms with Crippen LogP contribution in [0.4, 0.5) is 0 Å². The summed E-state index contributed by atoms with van der Waals surface area (Å²) in [5, 5.41) is 28.5. The van der Waals surface area contributed by atoms with E-state index in [1.54, 1.807) is 6.92 Å². The molecule has 0 aliphatic carbocycles. The van der Waals surface area contributed by atoms with E-state index >= 15 is 0 Å². The zero-order valence-corrected chi connectivity index (χ0v) is 8.92. The van der Waals surface area contributed by atoms with Crippen molar-refractivity contribution in [2.75, 3.05) is 6.61 Å². The van der Waals surface area contributed by atoms with Gasteiger partial charge in [-0.05, 0) is 5.92 Å². The maximum absolute atomic E-state index is 9.93. The molecule has 1 heterocycles. The Labute approximate surface area is 84.5 Å². The van der Waals surface area contributed by atoms with Crippen molar-refractivity contribution in [3.05, 3.63) is 0 Å². The van der Waals surface area contributed by atoms with Crippen molar-refractivity contribution >= 4 is 0 Å². The zero-order valence-electron chi connectivity index (χ0n) is 8.92.